The Morgan fingerprint density at radius 2 is 2.09 bits per heavy atom. The molecule has 10 heteroatoms. The Morgan fingerprint density at radius 3 is 2.79 bits per heavy atom. The highest BCUT2D eigenvalue weighted by Crippen LogP contribution is 2.31. The number of anilines is 1. The zero-order valence-electron chi connectivity index (χ0n) is 18.9. The van der Waals surface area contributed by atoms with Crippen LogP contribution in [0.15, 0.2) is 36.7 Å². The van der Waals surface area contributed by atoms with Crippen LogP contribution in [-0.4, -0.2) is 50.6 Å². The summed E-state index contributed by atoms with van der Waals surface area (Å²) in [6.45, 7) is 4.46. The second-order valence-electron chi connectivity index (χ2n) is 8.24. The van der Waals surface area contributed by atoms with Gasteiger partial charge in [0.15, 0.2) is 11.4 Å². The monoisotopic (exact) mass is 460 g/mol. The van der Waals surface area contributed by atoms with E-state index >= 15 is 0 Å². The molecule has 1 aliphatic heterocycles. The Kier molecular flexibility index (Phi) is 6.54. The first-order valence-corrected chi connectivity index (χ1v) is 11.0. The standard InChI is InChI=1S/C24H24N6O4/c1-14(2)34-24(33)19-4-3-9-30(19)20-8-7-17-18(29-20)13-27-21(22(17)31)23(32)28-12-15-5-6-16(10-25)26-11-15/h5-8,11,13-14,19,31H,3-4,9,12H2,1-2H3,(H,28,32)/t19-/m1/s1. The fourth-order valence-corrected chi connectivity index (χ4v) is 3.86. The molecule has 2 N–H and O–H groups in total. The Bertz CT molecular complexity index is 1270. The number of carbonyl (C=O) groups excluding carboxylic acids is 2. The normalized spacial score (nSPS) is 15.4. The molecule has 3 aromatic heterocycles. The molecule has 10 nitrogen and oxygen atoms in total. The minimum Gasteiger partial charge on any atom is -0.505 e. The van der Waals surface area contributed by atoms with Crippen LogP contribution in [0, 0.1) is 11.3 Å². The van der Waals surface area contributed by atoms with Gasteiger partial charge in [-0.15, -0.1) is 0 Å². The van der Waals surface area contributed by atoms with Crippen molar-refractivity contribution in [1.82, 2.24) is 20.3 Å². The maximum Gasteiger partial charge on any atom is 0.329 e. The number of hydrogen-bond donors (Lipinski definition) is 2. The number of aromatic nitrogens is 3. The van der Waals surface area contributed by atoms with E-state index in [1.807, 2.05) is 24.8 Å². The van der Waals surface area contributed by atoms with Crippen molar-refractivity contribution in [2.45, 2.75) is 45.4 Å². The largest absolute Gasteiger partial charge is 0.505 e. The number of nitrogens with one attached hydrogen (secondary N) is 1. The summed E-state index contributed by atoms with van der Waals surface area (Å²) in [7, 11) is 0. The molecule has 4 rings (SSSR count). The third kappa shape index (κ3) is 4.73. The van der Waals surface area contributed by atoms with Crippen molar-refractivity contribution in [2.75, 3.05) is 11.4 Å². The summed E-state index contributed by atoms with van der Waals surface area (Å²) in [5.41, 5.74) is 1.27. The van der Waals surface area contributed by atoms with Crippen LogP contribution in [0.5, 0.6) is 5.75 Å². The Morgan fingerprint density at radius 1 is 1.26 bits per heavy atom. The molecule has 0 radical (unpaired) electrons. The number of aromatic hydroxyl groups is 1. The molecular weight excluding hydrogens is 436 g/mol. The lowest BCUT2D eigenvalue weighted by molar-refractivity contribution is -0.148. The number of nitriles is 1. The van der Waals surface area contributed by atoms with Crippen molar-refractivity contribution in [3.63, 3.8) is 0 Å². The van der Waals surface area contributed by atoms with Crippen LogP contribution in [0.1, 0.15) is 48.4 Å². The molecule has 0 unspecified atom stereocenters. The third-order valence-corrected chi connectivity index (χ3v) is 5.48. The number of rotatable bonds is 6. The van der Waals surface area contributed by atoms with Gasteiger partial charge in [-0.05, 0) is 50.5 Å². The van der Waals surface area contributed by atoms with Crippen LogP contribution in [0.3, 0.4) is 0 Å². The molecule has 4 heterocycles. The lowest BCUT2D eigenvalue weighted by atomic mass is 10.1. The summed E-state index contributed by atoms with van der Waals surface area (Å²) in [6.07, 6.45) is 4.25. The summed E-state index contributed by atoms with van der Waals surface area (Å²) in [5.74, 6) is -0.518. The highest BCUT2D eigenvalue weighted by molar-refractivity contribution is 6.00. The predicted molar refractivity (Wildman–Crippen MR) is 123 cm³/mol. The van der Waals surface area contributed by atoms with Gasteiger partial charge in [-0.25, -0.2) is 19.7 Å². The molecule has 34 heavy (non-hydrogen) atoms. The molecule has 0 saturated carbocycles. The van der Waals surface area contributed by atoms with Crippen molar-refractivity contribution in [3.8, 4) is 11.8 Å². The highest BCUT2D eigenvalue weighted by Gasteiger charge is 2.33. The first kappa shape index (κ1) is 22.9. The second-order valence-corrected chi connectivity index (χ2v) is 8.24. The molecule has 1 atom stereocenters. The van der Waals surface area contributed by atoms with Gasteiger partial charge < -0.3 is 20.1 Å². The van der Waals surface area contributed by atoms with Crippen LogP contribution in [0.25, 0.3) is 10.9 Å². The molecule has 0 bridgehead atoms. The minimum absolute atomic E-state index is 0.122. The van der Waals surface area contributed by atoms with E-state index in [-0.39, 0.29) is 35.8 Å². The average Bonchev–Trinajstić information content (AvgIpc) is 3.33. The molecule has 1 fully saturated rings. The Labute approximate surface area is 196 Å². The zero-order chi connectivity index (χ0) is 24.2. The van der Waals surface area contributed by atoms with Gasteiger partial charge in [0.25, 0.3) is 5.91 Å². The maximum absolute atomic E-state index is 12.6. The van der Waals surface area contributed by atoms with E-state index < -0.39 is 11.9 Å². The van der Waals surface area contributed by atoms with Crippen molar-refractivity contribution in [2.24, 2.45) is 0 Å². The SMILES string of the molecule is CC(C)OC(=O)[C@H]1CCCN1c1ccc2c(O)c(C(=O)NCc3ccc(C#N)nc3)ncc2n1. The molecule has 1 saturated heterocycles. The maximum atomic E-state index is 12.6. The topological polar surface area (TPSA) is 141 Å². The van der Waals surface area contributed by atoms with Gasteiger partial charge in [0.2, 0.25) is 0 Å². The molecule has 0 spiro atoms. The van der Waals surface area contributed by atoms with Crippen LogP contribution in [0.4, 0.5) is 5.82 Å². The molecule has 1 aliphatic rings. The molecule has 0 aromatic carbocycles. The lowest BCUT2D eigenvalue weighted by Crippen LogP contribution is -2.38. The molecule has 3 aromatic rings. The third-order valence-electron chi connectivity index (χ3n) is 5.48. The van der Waals surface area contributed by atoms with Gasteiger partial charge >= 0.3 is 5.97 Å². The first-order chi connectivity index (χ1) is 16.4. The van der Waals surface area contributed by atoms with Gasteiger partial charge in [-0.1, -0.05) is 6.07 Å². The van der Waals surface area contributed by atoms with Crippen molar-refractivity contribution < 1.29 is 19.4 Å². The minimum atomic E-state index is -0.552. The van der Waals surface area contributed by atoms with Crippen LogP contribution < -0.4 is 10.2 Å². The number of pyridine rings is 3. The fourth-order valence-electron chi connectivity index (χ4n) is 3.86. The van der Waals surface area contributed by atoms with E-state index in [0.29, 0.717) is 35.2 Å². The quantitative estimate of drug-likeness (QED) is 0.530. The highest BCUT2D eigenvalue weighted by atomic mass is 16.5. The van der Waals surface area contributed by atoms with Crippen LogP contribution >= 0.6 is 0 Å². The summed E-state index contributed by atoms with van der Waals surface area (Å²) in [5, 5.41) is 22.6. The number of esters is 1. The average molecular weight is 460 g/mol. The lowest BCUT2D eigenvalue weighted by Gasteiger charge is -2.25. The summed E-state index contributed by atoms with van der Waals surface area (Å²) < 4.78 is 5.38. The van der Waals surface area contributed by atoms with Crippen molar-refractivity contribution >= 4 is 28.6 Å². The smallest absolute Gasteiger partial charge is 0.329 e. The summed E-state index contributed by atoms with van der Waals surface area (Å²) >= 11 is 0. The van der Waals surface area contributed by atoms with Gasteiger partial charge in [0.05, 0.1) is 17.8 Å². The molecular formula is C24H24N6O4. The predicted octanol–water partition coefficient (Wildman–Crippen LogP) is 2.45. The van der Waals surface area contributed by atoms with Crippen LogP contribution in [-0.2, 0) is 16.1 Å². The summed E-state index contributed by atoms with van der Waals surface area (Å²) in [6, 6.07) is 8.15. The second kappa shape index (κ2) is 9.70. The first-order valence-electron chi connectivity index (χ1n) is 11.0. The van der Waals surface area contributed by atoms with Gasteiger partial charge in [-0.2, -0.15) is 5.26 Å². The van der Waals surface area contributed by atoms with Crippen molar-refractivity contribution in [1.29, 1.82) is 5.26 Å². The Hall–Kier alpha value is -4.26. The Balaban J connectivity index is 1.51. The van der Waals surface area contributed by atoms with Gasteiger partial charge in [0.1, 0.15) is 23.6 Å². The number of nitrogens with zero attached hydrogens (tertiary/aromatic N) is 5. The number of hydrogen-bond acceptors (Lipinski definition) is 9. The molecule has 0 aliphatic carbocycles. The van der Waals surface area contributed by atoms with E-state index in [1.165, 1.54) is 12.4 Å². The van der Waals surface area contributed by atoms with E-state index in [2.05, 4.69) is 20.3 Å². The number of amides is 1. The zero-order valence-corrected chi connectivity index (χ0v) is 18.9. The van der Waals surface area contributed by atoms with E-state index in [9.17, 15) is 14.7 Å². The van der Waals surface area contributed by atoms with E-state index in [4.69, 9.17) is 10.00 Å². The van der Waals surface area contributed by atoms with Crippen LogP contribution in [0.2, 0.25) is 0 Å². The summed E-state index contributed by atoms with van der Waals surface area (Å²) in [4.78, 5) is 39.6. The molecule has 174 valence electrons. The number of carbonyl (C=O) groups is 2. The van der Waals surface area contributed by atoms with Gasteiger partial charge in [0, 0.05) is 24.7 Å². The molecule has 1 amide bonds. The number of ether oxygens (including phenoxy) is 1. The number of fused-ring (bicyclic) bond motifs is 1. The van der Waals surface area contributed by atoms with E-state index in [1.54, 1.807) is 24.3 Å². The van der Waals surface area contributed by atoms with E-state index in [0.717, 1.165) is 6.42 Å². The fraction of sp³-hybridized carbons (Fsp3) is 0.333. The van der Waals surface area contributed by atoms with Gasteiger partial charge in [-0.3, -0.25) is 4.79 Å². The van der Waals surface area contributed by atoms with Crippen molar-refractivity contribution in [3.05, 3.63) is 53.6 Å².